The van der Waals surface area contributed by atoms with Gasteiger partial charge in [0.05, 0.1) is 4.47 Å². The van der Waals surface area contributed by atoms with Crippen molar-refractivity contribution in [3.8, 4) is 0 Å². The maximum Gasteiger partial charge on any atom is 0.264 e. The highest BCUT2D eigenvalue weighted by Gasteiger charge is 2.20. The molecule has 0 aromatic heterocycles. The van der Waals surface area contributed by atoms with Crippen LogP contribution in [0.2, 0.25) is 0 Å². The van der Waals surface area contributed by atoms with Gasteiger partial charge < -0.3 is 0 Å². The molecule has 0 atom stereocenters. The molecule has 0 aliphatic carbocycles. The molecule has 0 radical (unpaired) electrons. The van der Waals surface area contributed by atoms with E-state index in [2.05, 4.69) is 15.9 Å². The average Bonchev–Trinajstić information content (AvgIpc) is 1.98. The standard InChI is InChI=1S/C6H2BrClF2O2S/c7-5-3(9)1-2-4(6(5)10)13(8,11)12/h1-2H. The third-order valence-corrected chi connectivity index (χ3v) is 3.33. The highest BCUT2D eigenvalue weighted by molar-refractivity contribution is 9.10. The molecule has 0 N–H and O–H groups in total. The number of hydrogen-bond donors (Lipinski definition) is 0. The van der Waals surface area contributed by atoms with Gasteiger partial charge in [0, 0.05) is 10.7 Å². The maximum absolute atomic E-state index is 13.0. The van der Waals surface area contributed by atoms with Gasteiger partial charge in [0.1, 0.15) is 10.7 Å². The van der Waals surface area contributed by atoms with Crippen LogP contribution >= 0.6 is 26.6 Å². The first-order valence-electron chi connectivity index (χ1n) is 2.92. The van der Waals surface area contributed by atoms with Crippen molar-refractivity contribution in [2.24, 2.45) is 0 Å². The molecule has 0 heterocycles. The van der Waals surface area contributed by atoms with Gasteiger partial charge in [-0.05, 0) is 28.1 Å². The highest BCUT2D eigenvalue weighted by Crippen LogP contribution is 2.27. The van der Waals surface area contributed by atoms with Gasteiger partial charge in [0.2, 0.25) is 0 Å². The Balaban J connectivity index is 3.53. The van der Waals surface area contributed by atoms with E-state index in [1.165, 1.54) is 0 Å². The summed E-state index contributed by atoms with van der Waals surface area (Å²) >= 11 is 2.55. The van der Waals surface area contributed by atoms with Crippen LogP contribution < -0.4 is 0 Å². The predicted molar refractivity (Wildman–Crippen MR) is 47.1 cm³/mol. The molecular formula is C6H2BrClF2O2S. The molecule has 1 aromatic rings. The molecule has 0 unspecified atom stereocenters. The summed E-state index contributed by atoms with van der Waals surface area (Å²) < 4.78 is 46.5. The molecule has 0 aliphatic rings. The second-order valence-electron chi connectivity index (χ2n) is 2.11. The normalized spacial score (nSPS) is 11.7. The van der Waals surface area contributed by atoms with Crippen molar-refractivity contribution in [1.29, 1.82) is 0 Å². The lowest BCUT2D eigenvalue weighted by molar-refractivity contribution is 0.544. The summed E-state index contributed by atoms with van der Waals surface area (Å²) in [4.78, 5) is -0.748. The van der Waals surface area contributed by atoms with Gasteiger partial charge in [0.15, 0.2) is 5.82 Å². The van der Waals surface area contributed by atoms with Crippen LogP contribution in [0.15, 0.2) is 21.5 Å². The van der Waals surface area contributed by atoms with Crippen LogP contribution in [0.5, 0.6) is 0 Å². The summed E-state index contributed by atoms with van der Waals surface area (Å²) in [7, 11) is 0.705. The summed E-state index contributed by atoms with van der Waals surface area (Å²) in [5, 5.41) is 0. The van der Waals surface area contributed by atoms with Crippen molar-refractivity contribution < 1.29 is 17.2 Å². The Kier molecular flexibility index (Phi) is 2.94. The van der Waals surface area contributed by atoms with E-state index in [0.29, 0.717) is 0 Å². The van der Waals surface area contributed by atoms with Gasteiger partial charge in [0.25, 0.3) is 9.05 Å². The minimum absolute atomic E-state index is 0.547. The molecule has 2 nitrogen and oxygen atoms in total. The second kappa shape index (κ2) is 3.51. The van der Waals surface area contributed by atoms with Crippen molar-refractivity contribution in [1.82, 2.24) is 0 Å². The van der Waals surface area contributed by atoms with E-state index in [4.69, 9.17) is 10.7 Å². The van der Waals surface area contributed by atoms with Crippen LogP contribution in [0.1, 0.15) is 0 Å². The van der Waals surface area contributed by atoms with Crippen molar-refractivity contribution in [2.75, 3.05) is 0 Å². The van der Waals surface area contributed by atoms with Crippen LogP contribution in [0, 0.1) is 11.6 Å². The zero-order chi connectivity index (χ0) is 10.2. The molecule has 0 aliphatic heterocycles. The summed E-state index contributed by atoms with van der Waals surface area (Å²) in [6.45, 7) is 0. The molecule has 7 heteroatoms. The third kappa shape index (κ3) is 2.18. The summed E-state index contributed by atoms with van der Waals surface area (Å²) in [6.07, 6.45) is 0. The zero-order valence-electron chi connectivity index (χ0n) is 5.89. The SMILES string of the molecule is O=S(=O)(Cl)c1ccc(F)c(Br)c1F. The molecule has 0 saturated carbocycles. The zero-order valence-corrected chi connectivity index (χ0v) is 9.05. The quantitative estimate of drug-likeness (QED) is 0.589. The lowest BCUT2D eigenvalue weighted by Gasteiger charge is -2.00. The minimum atomic E-state index is -4.17. The Morgan fingerprint density at radius 1 is 1.31 bits per heavy atom. The van der Waals surface area contributed by atoms with E-state index < -0.39 is 30.1 Å². The highest BCUT2D eigenvalue weighted by atomic mass is 79.9. The van der Waals surface area contributed by atoms with E-state index in [1.807, 2.05) is 0 Å². The second-order valence-corrected chi connectivity index (χ2v) is 5.44. The molecule has 0 bridgehead atoms. The van der Waals surface area contributed by atoms with Gasteiger partial charge in [-0.3, -0.25) is 0 Å². The monoisotopic (exact) mass is 290 g/mol. The number of rotatable bonds is 1. The van der Waals surface area contributed by atoms with Crippen molar-refractivity contribution in [3.63, 3.8) is 0 Å². The molecule has 72 valence electrons. The van der Waals surface area contributed by atoms with Gasteiger partial charge in [-0.15, -0.1) is 0 Å². The van der Waals surface area contributed by atoms with Gasteiger partial charge in [-0.2, -0.15) is 0 Å². The molecule has 0 fully saturated rings. The average molecular weight is 292 g/mol. The number of benzene rings is 1. The predicted octanol–water partition coefficient (Wildman–Crippen LogP) is 2.65. The number of halogens is 4. The van der Waals surface area contributed by atoms with Crippen LogP contribution in [-0.2, 0) is 9.05 Å². The Morgan fingerprint density at radius 3 is 2.31 bits per heavy atom. The van der Waals surface area contributed by atoms with Gasteiger partial charge in [-0.1, -0.05) is 0 Å². The summed E-state index contributed by atoms with van der Waals surface area (Å²) in [5.41, 5.74) is 0. The summed E-state index contributed by atoms with van der Waals surface area (Å²) in [5.74, 6) is -2.11. The molecule has 13 heavy (non-hydrogen) atoms. The Labute approximate surface area is 86.1 Å². The van der Waals surface area contributed by atoms with E-state index in [9.17, 15) is 17.2 Å². The van der Waals surface area contributed by atoms with E-state index in [1.54, 1.807) is 0 Å². The third-order valence-electron chi connectivity index (χ3n) is 1.26. The van der Waals surface area contributed by atoms with Crippen molar-refractivity contribution in [3.05, 3.63) is 28.2 Å². The van der Waals surface area contributed by atoms with Crippen LogP contribution in [0.3, 0.4) is 0 Å². The first-order valence-corrected chi connectivity index (χ1v) is 6.02. The van der Waals surface area contributed by atoms with E-state index >= 15 is 0 Å². The maximum atomic E-state index is 13.0. The molecule has 1 aromatic carbocycles. The fourth-order valence-electron chi connectivity index (χ4n) is 0.696. The number of hydrogen-bond acceptors (Lipinski definition) is 2. The Hall–Kier alpha value is -0.200. The van der Waals surface area contributed by atoms with Crippen molar-refractivity contribution in [2.45, 2.75) is 4.90 Å². The van der Waals surface area contributed by atoms with E-state index in [0.717, 1.165) is 12.1 Å². The molecule has 0 saturated heterocycles. The molecular weight excluding hydrogens is 289 g/mol. The van der Waals surface area contributed by atoms with Crippen LogP contribution in [-0.4, -0.2) is 8.42 Å². The summed E-state index contributed by atoms with van der Waals surface area (Å²) in [6, 6.07) is 1.57. The van der Waals surface area contributed by atoms with E-state index in [-0.39, 0.29) is 0 Å². The fraction of sp³-hybridized carbons (Fsp3) is 0. The molecule has 0 amide bonds. The first kappa shape index (κ1) is 10.9. The largest absolute Gasteiger partial charge is 0.264 e. The van der Waals surface area contributed by atoms with Crippen molar-refractivity contribution >= 4 is 35.7 Å². The van der Waals surface area contributed by atoms with Gasteiger partial charge in [-0.25, -0.2) is 17.2 Å². The van der Waals surface area contributed by atoms with Gasteiger partial charge >= 0.3 is 0 Å². The Morgan fingerprint density at radius 2 is 1.85 bits per heavy atom. The lowest BCUT2D eigenvalue weighted by Crippen LogP contribution is -1.97. The van der Waals surface area contributed by atoms with Crippen LogP contribution in [0.4, 0.5) is 8.78 Å². The Bertz CT molecular complexity index is 446. The topological polar surface area (TPSA) is 34.1 Å². The fourth-order valence-corrected chi connectivity index (χ4v) is 2.08. The smallest absolute Gasteiger partial charge is 0.207 e. The molecule has 0 spiro atoms. The minimum Gasteiger partial charge on any atom is -0.207 e. The molecule has 1 rings (SSSR count). The first-order chi connectivity index (χ1) is 5.84. The van der Waals surface area contributed by atoms with Crippen LogP contribution in [0.25, 0.3) is 0 Å². The lowest BCUT2D eigenvalue weighted by atomic mass is 10.3.